The molecule has 0 aromatic heterocycles. The van der Waals surface area contributed by atoms with Gasteiger partial charge in [-0.25, -0.2) is 8.78 Å². The molecule has 2 aromatic carbocycles. The summed E-state index contributed by atoms with van der Waals surface area (Å²) in [6.07, 6.45) is 0. The van der Waals surface area contributed by atoms with Crippen LogP contribution < -0.4 is 5.32 Å². The average molecular weight is 278 g/mol. The van der Waals surface area contributed by atoms with Crippen molar-refractivity contribution >= 4 is 11.4 Å². The molecular formula is C14H12F2N2O2. The van der Waals surface area contributed by atoms with Gasteiger partial charge in [-0.15, -0.1) is 0 Å². The molecule has 0 fully saturated rings. The van der Waals surface area contributed by atoms with Gasteiger partial charge >= 0.3 is 0 Å². The standard InChI is InChI=1S/C14H12F2N2O2/c1-9-6-12(16)13(7-11(9)15)17-8-10-4-2-3-5-14(10)18(19)20/h2-7,17H,8H2,1H3. The maximum Gasteiger partial charge on any atom is 0.274 e. The average Bonchev–Trinajstić information content (AvgIpc) is 2.41. The van der Waals surface area contributed by atoms with Crippen molar-refractivity contribution in [2.24, 2.45) is 0 Å². The summed E-state index contributed by atoms with van der Waals surface area (Å²) < 4.78 is 27.0. The van der Waals surface area contributed by atoms with E-state index in [1.165, 1.54) is 13.0 Å². The highest BCUT2D eigenvalue weighted by Crippen LogP contribution is 2.22. The topological polar surface area (TPSA) is 55.2 Å². The van der Waals surface area contributed by atoms with Crippen LogP contribution >= 0.6 is 0 Å². The summed E-state index contributed by atoms with van der Waals surface area (Å²) in [6, 6.07) is 8.25. The monoisotopic (exact) mass is 278 g/mol. The molecule has 4 nitrogen and oxygen atoms in total. The maximum atomic E-state index is 13.6. The third-order valence-electron chi connectivity index (χ3n) is 2.91. The number of para-hydroxylation sites is 1. The van der Waals surface area contributed by atoms with Gasteiger partial charge in [-0.2, -0.15) is 0 Å². The lowest BCUT2D eigenvalue weighted by atomic mass is 10.1. The van der Waals surface area contributed by atoms with E-state index in [4.69, 9.17) is 0 Å². The van der Waals surface area contributed by atoms with Crippen molar-refractivity contribution in [3.05, 3.63) is 69.3 Å². The Morgan fingerprint density at radius 2 is 1.90 bits per heavy atom. The van der Waals surface area contributed by atoms with E-state index >= 15 is 0 Å². The second-order valence-electron chi connectivity index (χ2n) is 4.32. The van der Waals surface area contributed by atoms with E-state index in [9.17, 15) is 18.9 Å². The third-order valence-corrected chi connectivity index (χ3v) is 2.91. The molecule has 0 spiro atoms. The molecule has 0 aliphatic heterocycles. The second-order valence-corrected chi connectivity index (χ2v) is 4.32. The van der Waals surface area contributed by atoms with Crippen molar-refractivity contribution in [2.75, 3.05) is 5.32 Å². The van der Waals surface area contributed by atoms with E-state index in [-0.39, 0.29) is 23.5 Å². The van der Waals surface area contributed by atoms with Gasteiger partial charge in [-0.3, -0.25) is 10.1 Å². The van der Waals surface area contributed by atoms with Gasteiger partial charge in [0.05, 0.1) is 10.6 Å². The van der Waals surface area contributed by atoms with Gasteiger partial charge in [0.15, 0.2) is 0 Å². The predicted molar refractivity (Wildman–Crippen MR) is 71.5 cm³/mol. The van der Waals surface area contributed by atoms with Gasteiger partial charge in [-0.05, 0) is 18.6 Å². The fraction of sp³-hybridized carbons (Fsp3) is 0.143. The van der Waals surface area contributed by atoms with Crippen molar-refractivity contribution in [3.8, 4) is 0 Å². The lowest BCUT2D eigenvalue weighted by Gasteiger charge is -2.09. The van der Waals surface area contributed by atoms with Gasteiger partial charge in [0, 0.05) is 24.2 Å². The number of nitrogens with zero attached hydrogens (tertiary/aromatic N) is 1. The van der Waals surface area contributed by atoms with Crippen LogP contribution in [0.1, 0.15) is 11.1 Å². The number of aryl methyl sites for hydroxylation is 1. The fourth-order valence-electron chi connectivity index (χ4n) is 1.81. The number of halogens is 2. The Bertz CT molecular complexity index is 660. The van der Waals surface area contributed by atoms with Crippen LogP contribution in [0.2, 0.25) is 0 Å². The number of benzene rings is 2. The summed E-state index contributed by atoms with van der Waals surface area (Å²) in [6.45, 7) is 1.50. The van der Waals surface area contributed by atoms with Crippen LogP contribution in [0.5, 0.6) is 0 Å². The Morgan fingerprint density at radius 3 is 2.60 bits per heavy atom. The van der Waals surface area contributed by atoms with E-state index in [1.807, 2.05) is 0 Å². The van der Waals surface area contributed by atoms with Gasteiger partial charge in [-0.1, -0.05) is 18.2 Å². The van der Waals surface area contributed by atoms with Crippen LogP contribution in [0.3, 0.4) is 0 Å². The molecular weight excluding hydrogens is 266 g/mol. The number of hydrogen-bond acceptors (Lipinski definition) is 3. The number of nitro benzene ring substituents is 1. The first-order chi connectivity index (χ1) is 9.49. The SMILES string of the molecule is Cc1cc(F)c(NCc2ccccc2[N+](=O)[O-])cc1F. The van der Waals surface area contributed by atoms with Gasteiger partial charge in [0.2, 0.25) is 0 Å². The molecule has 2 rings (SSSR count). The molecule has 0 aliphatic rings. The quantitative estimate of drug-likeness (QED) is 0.683. The molecule has 0 radical (unpaired) electrons. The summed E-state index contributed by atoms with van der Waals surface area (Å²) in [5.41, 5.74) is 0.524. The Balaban J connectivity index is 2.21. The van der Waals surface area contributed by atoms with E-state index in [2.05, 4.69) is 5.32 Å². The van der Waals surface area contributed by atoms with Crippen LogP contribution in [0, 0.1) is 28.7 Å². The van der Waals surface area contributed by atoms with Crippen molar-refractivity contribution in [2.45, 2.75) is 13.5 Å². The summed E-state index contributed by atoms with van der Waals surface area (Å²) in [4.78, 5) is 10.3. The zero-order chi connectivity index (χ0) is 14.7. The molecule has 6 heteroatoms. The predicted octanol–water partition coefficient (Wildman–Crippen LogP) is 3.79. The number of rotatable bonds is 4. The highest BCUT2D eigenvalue weighted by atomic mass is 19.1. The first kappa shape index (κ1) is 13.9. The van der Waals surface area contributed by atoms with Crippen molar-refractivity contribution < 1.29 is 13.7 Å². The molecule has 0 unspecified atom stereocenters. The highest BCUT2D eigenvalue weighted by Gasteiger charge is 2.13. The summed E-state index contributed by atoms with van der Waals surface area (Å²) in [5, 5.41) is 13.5. The number of anilines is 1. The molecule has 0 saturated heterocycles. The summed E-state index contributed by atoms with van der Waals surface area (Å²) >= 11 is 0. The smallest absolute Gasteiger partial charge is 0.274 e. The number of nitro groups is 1. The lowest BCUT2D eigenvalue weighted by Crippen LogP contribution is -2.05. The fourth-order valence-corrected chi connectivity index (χ4v) is 1.81. The van der Waals surface area contributed by atoms with Crippen LogP contribution in [-0.2, 0) is 6.54 Å². The van der Waals surface area contributed by atoms with E-state index in [0.29, 0.717) is 5.56 Å². The molecule has 2 aromatic rings. The molecule has 0 saturated carbocycles. The summed E-state index contributed by atoms with van der Waals surface area (Å²) in [5.74, 6) is -1.13. The van der Waals surface area contributed by atoms with Crippen molar-refractivity contribution in [3.63, 3.8) is 0 Å². The zero-order valence-electron chi connectivity index (χ0n) is 10.7. The molecule has 0 heterocycles. The lowest BCUT2D eigenvalue weighted by molar-refractivity contribution is -0.385. The minimum atomic E-state index is -0.595. The first-order valence-electron chi connectivity index (χ1n) is 5.91. The molecule has 0 amide bonds. The first-order valence-corrected chi connectivity index (χ1v) is 5.91. The number of nitrogens with one attached hydrogen (secondary N) is 1. The van der Waals surface area contributed by atoms with Gasteiger partial charge < -0.3 is 5.32 Å². The largest absolute Gasteiger partial charge is 0.378 e. The number of hydrogen-bond donors (Lipinski definition) is 1. The maximum absolute atomic E-state index is 13.6. The van der Waals surface area contributed by atoms with Crippen LogP contribution in [-0.4, -0.2) is 4.92 Å². The Labute approximate surface area is 114 Å². The molecule has 104 valence electrons. The highest BCUT2D eigenvalue weighted by molar-refractivity contribution is 5.49. The Morgan fingerprint density at radius 1 is 1.20 bits per heavy atom. The van der Waals surface area contributed by atoms with Crippen molar-refractivity contribution in [1.82, 2.24) is 0 Å². The molecule has 0 bridgehead atoms. The zero-order valence-corrected chi connectivity index (χ0v) is 10.7. The molecule has 20 heavy (non-hydrogen) atoms. The Kier molecular flexibility index (Phi) is 3.93. The van der Waals surface area contributed by atoms with E-state index in [1.54, 1.807) is 18.2 Å². The van der Waals surface area contributed by atoms with Crippen LogP contribution in [0.15, 0.2) is 36.4 Å². The van der Waals surface area contributed by atoms with Crippen molar-refractivity contribution in [1.29, 1.82) is 0 Å². The van der Waals surface area contributed by atoms with Gasteiger partial charge in [0.1, 0.15) is 11.6 Å². The minimum Gasteiger partial charge on any atom is -0.378 e. The molecule has 0 aliphatic carbocycles. The van der Waals surface area contributed by atoms with Gasteiger partial charge in [0.25, 0.3) is 5.69 Å². The van der Waals surface area contributed by atoms with E-state index < -0.39 is 16.6 Å². The minimum absolute atomic E-state index is 0.0220. The third kappa shape index (κ3) is 2.90. The molecule has 1 N–H and O–H groups in total. The summed E-state index contributed by atoms with van der Waals surface area (Å²) in [7, 11) is 0. The normalized spacial score (nSPS) is 10.3. The van der Waals surface area contributed by atoms with Crippen LogP contribution in [0.25, 0.3) is 0 Å². The second kappa shape index (κ2) is 5.64. The Hall–Kier alpha value is -2.50. The van der Waals surface area contributed by atoms with Crippen LogP contribution in [0.4, 0.5) is 20.2 Å². The molecule has 0 atom stereocenters. The van der Waals surface area contributed by atoms with E-state index in [0.717, 1.165) is 12.1 Å².